The molecule has 2 N–H and O–H groups in total. The van der Waals surface area contributed by atoms with Crippen LogP contribution >= 0.6 is 11.3 Å². The lowest BCUT2D eigenvalue weighted by molar-refractivity contribution is -0.121. The summed E-state index contributed by atoms with van der Waals surface area (Å²) in [5.41, 5.74) is 3.59. The molecule has 1 aliphatic rings. The van der Waals surface area contributed by atoms with Crippen molar-refractivity contribution in [3.8, 4) is 0 Å². The molecule has 1 unspecified atom stereocenters. The number of hydrogen-bond acceptors (Lipinski definition) is 3. The molecule has 0 bridgehead atoms. The first kappa shape index (κ1) is 12.2. The van der Waals surface area contributed by atoms with Crippen LogP contribution in [-0.2, 0) is 11.3 Å². The lowest BCUT2D eigenvalue weighted by Crippen LogP contribution is -2.24. The molecule has 0 fully saturated rings. The van der Waals surface area contributed by atoms with Gasteiger partial charge in [0.25, 0.3) is 0 Å². The fourth-order valence-electron chi connectivity index (χ4n) is 2.43. The SMILES string of the molecule is O=C(CC1CNc2ccccc21)NCc1ccsc1. The monoisotopic (exact) mass is 272 g/mol. The Morgan fingerprint density at radius 2 is 2.26 bits per heavy atom. The lowest BCUT2D eigenvalue weighted by Gasteiger charge is -2.10. The van der Waals surface area contributed by atoms with Crippen molar-refractivity contribution < 1.29 is 4.79 Å². The molecule has 0 radical (unpaired) electrons. The van der Waals surface area contributed by atoms with E-state index in [1.807, 2.05) is 23.6 Å². The molecule has 4 heteroatoms. The third-order valence-corrected chi connectivity index (χ3v) is 4.17. The van der Waals surface area contributed by atoms with Gasteiger partial charge in [-0.25, -0.2) is 0 Å². The van der Waals surface area contributed by atoms with Crippen molar-refractivity contribution in [1.82, 2.24) is 5.32 Å². The molecule has 98 valence electrons. The van der Waals surface area contributed by atoms with Crippen LogP contribution in [0.2, 0.25) is 0 Å². The standard InChI is InChI=1S/C15H16N2OS/c18-15(17-8-11-5-6-19-10-11)7-12-9-16-14-4-2-1-3-13(12)14/h1-6,10,12,16H,7-9H2,(H,17,18). The molecule has 0 saturated carbocycles. The summed E-state index contributed by atoms with van der Waals surface area (Å²) in [5.74, 6) is 0.411. The van der Waals surface area contributed by atoms with Gasteiger partial charge in [0, 0.05) is 31.1 Å². The number of rotatable bonds is 4. The molecule has 1 atom stereocenters. The zero-order valence-electron chi connectivity index (χ0n) is 10.6. The van der Waals surface area contributed by atoms with Crippen molar-refractivity contribution >= 4 is 22.9 Å². The number of para-hydroxylation sites is 1. The Hall–Kier alpha value is -1.81. The van der Waals surface area contributed by atoms with Crippen molar-refractivity contribution in [2.45, 2.75) is 18.9 Å². The van der Waals surface area contributed by atoms with Gasteiger partial charge >= 0.3 is 0 Å². The molecule has 2 heterocycles. The Morgan fingerprint density at radius 1 is 1.37 bits per heavy atom. The third kappa shape index (κ3) is 2.79. The largest absolute Gasteiger partial charge is 0.384 e. The second kappa shape index (κ2) is 5.45. The van der Waals surface area contributed by atoms with Gasteiger partial charge in [0.2, 0.25) is 5.91 Å². The topological polar surface area (TPSA) is 41.1 Å². The summed E-state index contributed by atoms with van der Waals surface area (Å²) < 4.78 is 0. The number of hydrogen-bond donors (Lipinski definition) is 2. The zero-order valence-corrected chi connectivity index (χ0v) is 11.4. The molecule has 19 heavy (non-hydrogen) atoms. The fraction of sp³-hybridized carbons (Fsp3) is 0.267. The molecule has 3 nitrogen and oxygen atoms in total. The van der Waals surface area contributed by atoms with Crippen LogP contribution in [0.5, 0.6) is 0 Å². The molecule has 1 aromatic heterocycles. The number of amides is 1. The van der Waals surface area contributed by atoms with E-state index in [4.69, 9.17) is 0 Å². The minimum absolute atomic E-state index is 0.120. The second-order valence-corrected chi connectivity index (χ2v) is 5.56. The maximum Gasteiger partial charge on any atom is 0.220 e. The summed E-state index contributed by atoms with van der Waals surface area (Å²) in [6.07, 6.45) is 0.550. The summed E-state index contributed by atoms with van der Waals surface area (Å²) in [5, 5.41) is 10.4. The van der Waals surface area contributed by atoms with E-state index in [9.17, 15) is 4.79 Å². The molecular weight excluding hydrogens is 256 g/mol. The Labute approximate surface area is 116 Å². The highest BCUT2D eigenvalue weighted by Gasteiger charge is 2.23. The van der Waals surface area contributed by atoms with Crippen LogP contribution in [0.15, 0.2) is 41.1 Å². The molecule has 0 spiro atoms. The molecule has 0 aliphatic carbocycles. The maximum atomic E-state index is 12.0. The Kier molecular flexibility index (Phi) is 3.51. The van der Waals surface area contributed by atoms with Crippen molar-refractivity contribution in [3.05, 3.63) is 52.2 Å². The minimum Gasteiger partial charge on any atom is -0.384 e. The number of anilines is 1. The first-order valence-corrected chi connectivity index (χ1v) is 7.38. The molecule has 1 amide bonds. The average Bonchev–Trinajstić information content (AvgIpc) is 3.07. The molecule has 3 rings (SSSR count). The van der Waals surface area contributed by atoms with E-state index < -0.39 is 0 Å². The van der Waals surface area contributed by atoms with Gasteiger partial charge < -0.3 is 10.6 Å². The smallest absolute Gasteiger partial charge is 0.220 e. The van der Waals surface area contributed by atoms with Gasteiger partial charge in [0.1, 0.15) is 0 Å². The summed E-state index contributed by atoms with van der Waals surface area (Å²) in [6.45, 7) is 1.48. The van der Waals surface area contributed by atoms with E-state index in [1.165, 1.54) is 11.1 Å². The van der Waals surface area contributed by atoms with Crippen molar-refractivity contribution in [2.75, 3.05) is 11.9 Å². The molecule has 1 aliphatic heterocycles. The summed E-state index contributed by atoms with van der Waals surface area (Å²) in [4.78, 5) is 12.0. The molecule has 2 aromatic rings. The van der Waals surface area contributed by atoms with Crippen molar-refractivity contribution in [1.29, 1.82) is 0 Å². The van der Waals surface area contributed by atoms with Crippen molar-refractivity contribution in [3.63, 3.8) is 0 Å². The van der Waals surface area contributed by atoms with Gasteiger partial charge in [-0.1, -0.05) is 18.2 Å². The van der Waals surface area contributed by atoms with Crippen LogP contribution in [0, 0.1) is 0 Å². The van der Waals surface area contributed by atoms with Crippen LogP contribution in [0.25, 0.3) is 0 Å². The van der Waals surface area contributed by atoms with Gasteiger partial charge in [-0.2, -0.15) is 11.3 Å². The van der Waals surface area contributed by atoms with Crippen LogP contribution in [0.1, 0.15) is 23.5 Å². The molecule has 0 saturated heterocycles. The van der Waals surface area contributed by atoms with Crippen molar-refractivity contribution in [2.24, 2.45) is 0 Å². The number of thiophene rings is 1. The van der Waals surface area contributed by atoms with Gasteiger partial charge in [-0.15, -0.1) is 0 Å². The zero-order chi connectivity index (χ0) is 13.1. The lowest BCUT2D eigenvalue weighted by atomic mass is 9.97. The predicted octanol–water partition coefficient (Wildman–Crippen LogP) is 2.96. The number of carbonyl (C=O) groups excluding carboxylic acids is 1. The number of carbonyl (C=O) groups is 1. The van der Waals surface area contributed by atoms with Gasteiger partial charge in [-0.3, -0.25) is 4.79 Å². The van der Waals surface area contributed by atoms with E-state index in [1.54, 1.807) is 11.3 Å². The van der Waals surface area contributed by atoms with Gasteiger partial charge in [0.15, 0.2) is 0 Å². The van der Waals surface area contributed by atoms with E-state index in [2.05, 4.69) is 28.1 Å². The van der Waals surface area contributed by atoms with Crippen LogP contribution in [-0.4, -0.2) is 12.5 Å². The predicted molar refractivity (Wildman–Crippen MR) is 78.5 cm³/mol. The Balaban J connectivity index is 1.56. The van der Waals surface area contributed by atoms with E-state index in [0.29, 0.717) is 18.9 Å². The average molecular weight is 272 g/mol. The van der Waals surface area contributed by atoms with E-state index in [-0.39, 0.29) is 5.91 Å². The minimum atomic E-state index is 0.120. The highest BCUT2D eigenvalue weighted by atomic mass is 32.1. The van der Waals surface area contributed by atoms with E-state index in [0.717, 1.165) is 12.2 Å². The summed E-state index contributed by atoms with van der Waals surface area (Å²) >= 11 is 1.65. The van der Waals surface area contributed by atoms with E-state index >= 15 is 0 Å². The molecule has 1 aromatic carbocycles. The van der Waals surface area contributed by atoms with Gasteiger partial charge in [0.05, 0.1) is 0 Å². The van der Waals surface area contributed by atoms with Crippen LogP contribution in [0.3, 0.4) is 0 Å². The highest BCUT2D eigenvalue weighted by molar-refractivity contribution is 7.07. The Morgan fingerprint density at radius 3 is 3.11 bits per heavy atom. The maximum absolute atomic E-state index is 12.0. The third-order valence-electron chi connectivity index (χ3n) is 3.44. The summed E-state index contributed by atoms with van der Waals surface area (Å²) in [6, 6.07) is 10.3. The number of nitrogens with one attached hydrogen (secondary N) is 2. The number of benzene rings is 1. The second-order valence-electron chi connectivity index (χ2n) is 4.78. The normalized spacial score (nSPS) is 16.7. The number of fused-ring (bicyclic) bond motifs is 1. The van der Waals surface area contributed by atoms with Crippen LogP contribution in [0.4, 0.5) is 5.69 Å². The summed E-state index contributed by atoms with van der Waals surface area (Å²) in [7, 11) is 0. The van der Waals surface area contributed by atoms with Gasteiger partial charge in [-0.05, 0) is 34.0 Å². The molecular formula is C15H16N2OS. The quantitative estimate of drug-likeness (QED) is 0.898. The first-order chi connectivity index (χ1) is 9.33. The Bertz CT molecular complexity index is 565. The fourth-order valence-corrected chi connectivity index (χ4v) is 3.10. The highest BCUT2D eigenvalue weighted by Crippen LogP contribution is 2.32. The van der Waals surface area contributed by atoms with Crippen LogP contribution < -0.4 is 10.6 Å². The first-order valence-electron chi connectivity index (χ1n) is 6.43.